The second-order valence-electron chi connectivity index (χ2n) is 5.36. The normalized spacial score (nSPS) is 10.8. The van der Waals surface area contributed by atoms with Gasteiger partial charge in [-0.1, -0.05) is 55.8 Å². The first kappa shape index (κ1) is 14.9. The molecule has 0 bridgehead atoms. The van der Waals surface area contributed by atoms with E-state index >= 15 is 0 Å². The van der Waals surface area contributed by atoms with Crippen LogP contribution in [-0.4, -0.2) is 0 Å². The van der Waals surface area contributed by atoms with Gasteiger partial charge in [-0.25, -0.2) is 4.39 Å². The number of hydrogen-bond donors (Lipinski definition) is 1. The number of nitrogens with one attached hydrogen (secondary N) is 1. The Bertz CT molecular complexity index is 543. The van der Waals surface area contributed by atoms with Gasteiger partial charge in [0.1, 0.15) is 5.82 Å². The molecule has 0 aromatic heterocycles. The zero-order valence-corrected chi connectivity index (χ0v) is 12.5. The number of halogens is 2. The van der Waals surface area contributed by atoms with E-state index in [2.05, 4.69) is 43.4 Å². The topological polar surface area (TPSA) is 12.0 Å². The van der Waals surface area contributed by atoms with E-state index in [0.717, 1.165) is 12.0 Å². The quantitative estimate of drug-likeness (QED) is 0.789. The van der Waals surface area contributed by atoms with Crippen LogP contribution in [0.2, 0.25) is 5.02 Å². The molecule has 0 fully saturated rings. The molecule has 0 aliphatic heterocycles. The van der Waals surface area contributed by atoms with E-state index in [1.807, 2.05) is 0 Å². The average Bonchev–Trinajstić information content (AvgIpc) is 2.39. The van der Waals surface area contributed by atoms with E-state index in [1.54, 1.807) is 12.1 Å². The van der Waals surface area contributed by atoms with Crippen LogP contribution in [0.3, 0.4) is 0 Å². The summed E-state index contributed by atoms with van der Waals surface area (Å²) in [5.41, 5.74) is 2.80. The van der Waals surface area contributed by atoms with Crippen molar-refractivity contribution in [3.8, 4) is 0 Å². The minimum absolute atomic E-state index is 0.325. The van der Waals surface area contributed by atoms with Crippen LogP contribution in [0.4, 0.5) is 10.1 Å². The van der Waals surface area contributed by atoms with Crippen molar-refractivity contribution in [2.24, 2.45) is 5.92 Å². The lowest BCUT2D eigenvalue weighted by Gasteiger charge is -2.10. The maximum atomic E-state index is 13.6. The van der Waals surface area contributed by atoms with Crippen LogP contribution in [0, 0.1) is 11.7 Å². The van der Waals surface area contributed by atoms with E-state index in [0.29, 0.717) is 23.2 Å². The van der Waals surface area contributed by atoms with Gasteiger partial charge >= 0.3 is 0 Å². The summed E-state index contributed by atoms with van der Waals surface area (Å²) < 4.78 is 13.6. The third-order valence-corrected chi connectivity index (χ3v) is 3.41. The molecular formula is C17H19ClFN. The summed E-state index contributed by atoms with van der Waals surface area (Å²) >= 11 is 5.98. The highest BCUT2D eigenvalue weighted by atomic mass is 35.5. The summed E-state index contributed by atoms with van der Waals surface area (Å²) in [6.07, 6.45) is 1.08. The molecule has 0 aliphatic rings. The lowest BCUT2D eigenvalue weighted by molar-refractivity contribution is 0.630. The summed E-state index contributed by atoms with van der Waals surface area (Å²) in [6.45, 7) is 4.97. The maximum absolute atomic E-state index is 13.6. The Morgan fingerprint density at radius 1 is 1.05 bits per heavy atom. The molecule has 0 amide bonds. The van der Waals surface area contributed by atoms with Gasteiger partial charge in [-0.15, -0.1) is 0 Å². The molecule has 0 unspecified atom stereocenters. The molecule has 20 heavy (non-hydrogen) atoms. The molecule has 2 aromatic rings. The van der Waals surface area contributed by atoms with Gasteiger partial charge in [-0.3, -0.25) is 0 Å². The van der Waals surface area contributed by atoms with Crippen LogP contribution in [-0.2, 0) is 13.0 Å². The van der Waals surface area contributed by atoms with Crippen molar-refractivity contribution < 1.29 is 4.39 Å². The lowest BCUT2D eigenvalue weighted by atomic mass is 10.0. The molecule has 0 saturated heterocycles. The summed E-state index contributed by atoms with van der Waals surface area (Å²) in [6, 6.07) is 13.1. The Kier molecular flexibility index (Phi) is 5.02. The summed E-state index contributed by atoms with van der Waals surface area (Å²) in [4.78, 5) is 0. The molecule has 0 saturated carbocycles. The van der Waals surface area contributed by atoms with Crippen molar-refractivity contribution in [3.63, 3.8) is 0 Å². The molecule has 3 heteroatoms. The highest BCUT2D eigenvalue weighted by molar-refractivity contribution is 6.33. The SMILES string of the molecule is CC(C)Cc1ccc(CNc2c(F)cccc2Cl)cc1. The van der Waals surface area contributed by atoms with E-state index in [1.165, 1.54) is 11.6 Å². The second kappa shape index (κ2) is 6.76. The summed E-state index contributed by atoms with van der Waals surface area (Å²) in [7, 11) is 0. The van der Waals surface area contributed by atoms with Crippen molar-refractivity contribution in [1.29, 1.82) is 0 Å². The molecule has 106 valence electrons. The average molecular weight is 292 g/mol. The Labute approximate surface area is 124 Å². The Morgan fingerprint density at radius 2 is 1.70 bits per heavy atom. The van der Waals surface area contributed by atoms with Gasteiger partial charge < -0.3 is 5.32 Å². The van der Waals surface area contributed by atoms with E-state index in [9.17, 15) is 4.39 Å². The molecular weight excluding hydrogens is 273 g/mol. The fourth-order valence-electron chi connectivity index (χ4n) is 2.12. The van der Waals surface area contributed by atoms with Crippen molar-refractivity contribution in [3.05, 3.63) is 64.4 Å². The molecule has 0 aliphatic carbocycles. The van der Waals surface area contributed by atoms with Crippen LogP contribution in [0.5, 0.6) is 0 Å². The maximum Gasteiger partial charge on any atom is 0.147 e. The van der Waals surface area contributed by atoms with Crippen LogP contribution in [0.15, 0.2) is 42.5 Å². The van der Waals surface area contributed by atoms with Gasteiger partial charge in [0.25, 0.3) is 0 Å². The molecule has 2 aromatic carbocycles. The molecule has 0 spiro atoms. The second-order valence-corrected chi connectivity index (χ2v) is 5.77. The summed E-state index contributed by atoms with van der Waals surface area (Å²) in [5.74, 6) is 0.324. The van der Waals surface area contributed by atoms with Crippen molar-refractivity contribution in [1.82, 2.24) is 0 Å². The van der Waals surface area contributed by atoms with Crippen LogP contribution >= 0.6 is 11.6 Å². The van der Waals surface area contributed by atoms with Gasteiger partial charge in [0.2, 0.25) is 0 Å². The van der Waals surface area contributed by atoms with Crippen molar-refractivity contribution in [2.45, 2.75) is 26.8 Å². The van der Waals surface area contributed by atoms with Gasteiger partial charge in [0.05, 0.1) is 10.7 Å². The highest BCUT2D eigenvalue weighted by Gasteiger charge is 2.06. The largest absolute Gasteiger partial charge is 0.377 e. The number of anilines is 1. The zero-order chi connectivity index (χ0) is 14.5. The predicted octanol–water partition coefficient (Wildman–Crippen LogP) is 5.29. The Balaban J connectivity index is 2.00. The Morgan fingerprint density at radius 3 is 2.30 bits per heavy atom. The summed E-state index contributed by atoms with van der Waals surface area (Å²) in [5, 5.41) is 3.45. The molecule has 1 N–H and O–H groups in total. The van der Waals surface area contributed by atoms with Crippen molar-refractivity contribution >= 4 is 17.3 Å². The van der Waals surface area contributed by atoms with Gasteiger partial charge in [0, 0.05) is 6.54 Å². The zero-order valence-electron chi connectivity index (χ0n) is 11.8. The fraction of sp³-hybridized carbons (Fsp3) is 0.294. The molecule has 1 nitrogen and oxygen atoms in total. The van der Waals surface area contributed by atoms with Crippen LogP contribution < -0.4 is 5.32 Å². The monoisotopic (exact) mass is 291 g/mol. The molecule has 0 heterocycles. The highest BCUT2D eigenvalue weighted by Crippen LogP contribution is 2.25. The number of hydrogen-bond acceptors (Lipinski definition) is 1. The number of para-hydroxylation sites is 1. The van der Waals surface area contributed by atoms with E-state index in [4.69, 9.17) is 11.6 Å². The number of rotatable bonds is 5. The predicted molar refractivity (Wildman–Crippen MR) is 83.7 cm³/mol. The first-order valence-electron chi connectivity index (χ1n) is 6.82. The minimum Gasteiger partial charge on any atom is -0.377 e. The third-order valence-electron chi connectivity index (χ3n) is 3.10. The minimum atomic E-state index is -0.325. The van der Waals surface area contributed by atoms with Gasteiger partial charge in [-0.05, 0) is 35.6 Å². The van der Waals surface area contributed by atoms with E-state index in [-0.39, 0.29) is 5.82 Å². The van der Waals surface area contributed by atoms with Crippen LogP contribution in [0.25, 0.3) is 0 Å². The van der Waals surface area contributed by atoms with Crippen molar-refractivity contribution in [2.75, 3.05) is 5.32 Å². The van der Waals surface area contributed by atoms with Gasteiger partial charge in [0.15, 0.2) is 0 Å². The van der Waals surface area contributed by atoms with Crippen LogP contribution in [0.1, 0.15) is 25.0 Å². The number of benzene rings is 2. The molecule has 0 atom stereocenters. The smallest absolute Gasteiger partial charge is 0.147 e. The fourth-order valence-corrected chi connectivity index (χ4v) is 2.35. The lowest BCUT2D eigenvalue weighted by Crippen LogP contribution is -2.02. The molecule has 0 radical (unpaired) electrons. The van der Waals surface area contributed by atoms with Gasteiger partial charge in [-0.2, -0.15) is 0 Å². The standard InChI is InChI=1S/C17H19ClFN/c1-12(2)10-13-6-8-14(9-7-13)11-20-17-15(18)4-3-5-16(17)19/h3-9,12,20H,10-11H2,1-2H3. The first-order valence-corrected chi connectivity index (χ1v) is 7.19. The molecule has 2 rings (SSSR count). The van der Waals surface area contributed by atoms with E-state index < -0.39 is 0 Å². The third kappa shape index (κ3) is 3.97. The first-order chi connectivity index (χ1) is 9.56. The Hall–Kier alpha value is -1.54.